The molecule has 8 heteroatoms. The monoisotopic (exact) mass is 328 g/mol. The van der Waals surface area contributed by atoms with E-state index < -0.39 is 10.0 Å². The predicted molar refractivity (Wildman–Crippen MR) is 82.6 cm³/mol. The first-order valence-corrected chi connectivity index (χ1v) is 9.11. The first-order valence-electron chi connectivity index (χ1n) is 7.67. The van der Waals surface area contributed by atoms with Gasteiger partial charge in [-0.1, -0.05) is 0 Å². The van der Waals surface area contributed by atoms with Crippen molar-refractivity contribution in [2.45, 2.75) is 31.6 Å². The van der Waals surface area contributed by atoms with Crippen LogP contribution in [-0.4, -0.2) is 59.5 Å². The Hall–Kier alpha value is -1.41. The van der Waals surface area contributed by atoms with Crippen LogP contribution in [0.2, 0.25) is 0 Å². The summed E-state index contributed by atoms with van der Waals surface area (Å²) in [7, 11) is -1.81. The zero-order valence-corrected chi connectivity index (χ0v) is 14.2. The smallest absolute Gasteiger partial charge is 0.246 e. The lowest BCUT2D eigenvalue weighted by atomic mass is 9.96. The van der Waals surface area contributed by atoms with Gasteiger partial charge in [0.25, 0.3) is 0 Å². The Labute approximate surface area is 131 Å². The third kappa shape index (κ3) is 3.33. The van der Waals surface area contributed by atoms with Crippen LogP contribution in [-0.2, 0) is 21.9 Å². The van der Waals surface area contributed by atoms with Gasteiger partial charge in [0.05, 0.1) is 6.20 Å². The van der Waals surface area contributed by atoms with Crippen LogP contribution in [0.3, 0.4) is 0 Å². The zero-order chi connectivity index (χ0) is 16.3. The third-order valence-electron chi connectivity index (χ3n) is 4.20. The summed E-state index contributed by atoms with van der Waals surface area (Å²) in [5.74, 6) is 0.0728. The molecule has 0 saturated carbocycles. The molecule has 0 N–H and O–H groups in total. The predicted octanol–water partition coefficient (Wildman–Crippen LogP) is 0.689. The standard InChI is InChI=1S/C14H24N4O3S/c1-4-17(5-2)14(19)12-6-8-18(9-7-12)22(20,21)13-10-15-16(3)11-13/h10-12H,4-9H2,1-3H3. The van der Waals surface area contributed by atoms with Gasteiger partial charge in [-0.25, -0.2) is 8.42 Å². The van der Waals surface area contributed by atoms with Gasteiger partial charge in [-0.2, -0.15) is 9.40 Å². The summed E-state index contributed by atoms with van der Waals surface area (Å²) in [4.78, 5) is 14.4. The van der Waals surface area contributed by atoms with E-state index in [1.165, 1.54) is 21.4 Å². The summed E-state index contributed by atoms with van der Waals surface area (Å²) in [5.41, 5.74) is 0. The fraction of sp³-hybridized carbons (Fsp3) is 0.714. The lowest BCUT2D eigenvalue weighted by Crippen LogP contribution is -2.44. The number of sulfonamides is 1. The first kappa shape index (κ1) is 17.0. The molecule has 0 atom stereocenters. The average molecular weight is 328 g/mol. The van der Waals surface area contributed by atoms with Crippen molar-refractivity contribution < 1.29 is 13.2 Å². The van der Waals surface area contributed by atoms with Crippen LogP contribution >= 0.6 is 0 Å². The van der Waals surface area contributed by atoms with Crippen LogP contribution in [0.25, 0.3) is 0 Å². The van der Waals surface area contributed by atoms with Crippen LogP contribution in [0.5, 0.6) is 0 Å². The minimum atomic E-state index is -3.50. The number of aryl methyl sites for hydroxylation is 1. The average Bonchev–Trinajstić information content (AvgIpc) is 2.96. The van der Waals surface area contributed by atoms with Gasteiger partial charge >= 0.3 is 0 Å². The highest BCUT2D eigenvalue weighted by Crippen LogP contribution is 2.24. The van der Waals surface area contributed by atoms with Gasteiger partial charge in [-0.05, 0) is 26.7 Å². The molecule has 22 heavy (non-hydrogen) atoms. The normalized spacial score (nSPS) is 17.6. The Kier molecular flexibility index (Phi) is 5.23. The molecule has 1 aliphatic heterocycles. The number of piperidine rings is 1. The number of rotatable bonds is 5. The van der Waals surface area contributed by atoms with Gasteiger partial charge in [0.1, 0.15) is 4.90 Å². The summed E-state index contributed by atoms with van der Waals surface area (Å²) in [6, 6.07) is 0. The number of aromatic nitrogens is 2. The van der Waals surface area contributed by atoms with Crippen molar-refractivity contribution in [1.29, 1.82) is 0 Å². The fourth-order valence-corrected chi connectivity index (χ4v) is 4.27. The summed E-state index contributed by atoms with van der Waals surface area (Å²) >= 11 is 0. The maximum absolute atomic E-state index is 12.5. The summed E-state index contributed by atoms with van der Waals surface area (Å²) in [6.45, 7) is 6.09. The molecule has 0 aliphatic carbocycles. The van der Waals surface area contributed by atoms with Crippen molar-refractivity contribution in [2.24, 2.45) is 13.0 Å². The van der Waals surface area contributed by atoms with Crippen LogP contribution in [0.15, 0.2) is 17.3 Å². The number of nitrogens with zero attached hydrogens (tertiary/aromatic N) is 4. The highest BCUT2D eigenvalue weighted by Gasteiger charge is 2.33. The molecule has 2 rings (SSSR count). The molecule has 2 heterocycles. The molecule has 1 amide bonds. The van der Waals surface area contributed by atoms with E-state index in [0.717, 1.165) is 0 Å². The van der Waals surface area contributed by atoms with E-state index in [4.69, 9.17) is 0 Å². The van der Waals surface area contributed by atoms with E-state index in [-0.39, 0.29) is 16.7 Å². The quantitative estimate of drug-likeness (QED) is 0.797. The maximum atomic E-state index is 12.5. The molecule has 0 aromatic carbocycles. The van der Waals surface area contributed by atoms with Crippen molar-refractivity contribution in [3.8, 4) is 0 Å². The Balaban J connectivity index is 2.01. The second-order valence-electron chi connectivity index (χ2n) is 5.54. The topological polar surface area (TPSA) is 75.5 Å². The summed E-state index contributed by atoms with van der Waals surface area (Å²) in [6.07, 6.45) is 4.02. The molecule has 0 spiro atoms. The van der Waals surface area contributed by atoms with E-state index in [0.29, 0.717) is 39.0 Å². The largest absolute Gasteiger partial charge is 0.343 e. The first-order chi connectivity index (χ1) is 10.4. The SMILES string of the molecule is CCN(CC)C(=O)C1CCN(S(=O)(=O)c2cnn(C)c2)CC1. The van der Waals surface area contributed by atoms with Gasteiger partial charge in [0.15, 0.2) is 0 Å². The number of hydrogen-bond acceptors (Lipinski definition) is 4. The van der Waals surface area contributed by atoms with Gasteiger partial charge in [0.2, 0.25) is 15.9 Å². The van der Waals surface area contributed by atoms with Gasteiger partial charge in [-0.3, -0.25) is 9.48 Å². The van der Waals surface area contributed by atoms with Crippen LogP contribution in [0.1, 0.15) is 26.7 Å². The van der Waals surface area contributed by atoms with E-state index in [1.807, 2.05) is 18.7 Å². The van der Waals surface area contributed by atoms with Crippen molar-refractivity contribution in [3.63, 3.8) is 0 Å². The van der Waals surface area contributed by atoms with Crippen molar-refractivity contribution >= 4 is 15.9 Å². The number of hydrogen-bond donors (Lipinski definition) is 0. The van der Waals surface area contributed by atoms with E-state index in [1.54, 1.807) is 7.05 Å². The van der Waals surface area contributed by atoms with Crippen LogP contribution in [0, 0.1) is 5.92 Å². The van der Waals surface area contributed by atoms with Crippen LogP contribution in [0.4, 0.5) is 0 Å². The number of amides is 1. The molecule has 1 fully saturated rings. The van der Waals surface area contributed by atoms with Crippen molar-refractivity contribution in [2.75, 3.05) is 26.2 Å². The second-order valence-corrected chi connectivity index (χ2v) is 7.48. The van der Waals surface area contributed by atoms with E-state index >= 15 is 0 Å². The molecular weight excluding hydrogens is 304 g/mol. The molecule has 1 aliphatic rings. The van der Waals surface area contributed by atoms with Crippen molar-refractivity contribution in [3.05, 3.63) is 12.4 Å². The Bertz CT molecular complexity index is 614. The lowest BCUT2D eigenvalue weighted by Gasteiger charge is -2.32. The molecule has 124 valence electrons. The lowest BCUT2D eigenvalue weighted by molar-refractivity contribution is -0.136. The highest BCUT2D eigenvalue weighted by molar-refractivity contribution is 7.89. The Morgan fingerprint density at radius 2 is 1.91 bits per heavy atom. The number of carbonyl (C=O) groups excluding carboxylic acids is 1. The zero-order valence-electron chi connectivity index (χ0n) is 13.4. The summed E-state index contributed by atoms with van der Waals surface area (Å²) in [5, 5.41) is 3.92. The molecule has 0 unspecified atom stereocenters. The molecule has 7 nitrogen and oxygen atoms in total. The Morgan fingerprint density at radius 1 is 1.32 bits per heavy atom. The molecule has 1 saturated heterocycles. The Morgan fingerprint density at radius 3 is 2.36 bits per heavy atom. The highest BCUT2D eigenvalue weighted by atomic mass is 32.2. The minimum Gasteiger partial charge on any atom is -0.343 e. The van der Waals surface area contributed by atoms with Crippen molar-refractivity contribution in [1.82, 2.24) is 19.0 Å². The fourth-order valence-electron chi connectivity index (χ4n) is 2.82. The van der Waals surface area contributed by atoms with Gasteiger partial charge in [0, 0.05) is 45.3 Å². The minimum absolute atomic E-state index is 0.0692. The van der Waals surface area contributed by atoms with Crippen LogP contribution < -0.4 is 0 Å². The molecule has 0 bridgehead atoms. The molecule has 1 aromatic rings. The molecular formula is C14H24N4O3S. The second kappa shape index (κ2) is 6.78. The number of carbonyl (C=O) groups is 1. The van der Waals surface area contributed by atoms with Gasteiger partial charge in [-0.15, -0.1) is 0 Å². The van der Waals surface area contributed by atoms with Gasteiger partial charge < -0.3 is 4.90 Å². The van der Waals surface area contributed by atoms with E-state index in [9.17, 15) is 13.2 Å². The van der Waals surface area contributed by atoms with E-state index in [2.05, 4.69) is 5.10 Å². The summed E-state index contributed by atoms with van der Waals surface area (Å²) < 4.78 is 27.9. The maximum Gasteiger partial charge on any atom is 0.246 e. The molecule has 0 radical (unpaired) electrons. The molecule has 1 aromatic heterocycles. The third-order valence-corrected chi connectivity index (χ3v) is 6.05.